The molecule has 1 aromatic carbocycles. The fraction of sp³-hybridized carbons (Fsp3) is 0.357. The highest BCUT2D eigenvalue weighted by molar-refractivity contribution is 5.81. The molecule has 0 saturated heterocycles. The van der Waals surface area contributed by atoms with Crippen molar-refractivity contribution in [2.75, 3.05) is 0 Å². The van der Waals surface area contributed by atoms with Crippen LogP contribution in [-0.4, -0.2) is 16.8 Å². The van der Waals surface area contributed by atoms with Crippen LogP contribution in [-0.2, 0) is 11.3 Å². The summed E-state index contributed by atoms with van der Waals surface area (Å²) in [7, 11) is 0. The molecule has 0 bridgehead atoms. The van der Waals surface area contributed by atoms with Gasteiger partial charge in [0.2, 0.25) is 5.91 Å². The first-order chi connectivity index (χ1) is 9.44. The number of rotatable bonds is 4. The van der Waals surface area contributed by atoms with Crippen LogP contribution in [0.3, 0.4) is 0 Å². The highest BCUT2D eigenvalue weighted by Gasteiger charge is 2.57. The minimum absolute atomic E-state index is 0.151. The van der Waals surface area contributed by atoms with Crippen LogP contribution in [0.2, 0.25) is 0 Å². The number of hydrogen-bond acceptors (Lipinski definition) is 1. The van der Waals surface area contributed by atoms with Crippen molar-refractivity contribution in [3.8, 4) is 0 Å². The topological polar surface area (TPSA) is 44.9 Å². The summed E-state index contributed by atoms with van der Waals surface area (Å²) in [4.78, 5) is 14.5. The van der Waals surface area contributed by atoms with E-state index in [2.05, 4.69) is 10.3 Å². The minimum Gasteiger partial charge on any atom is -0.357 e. The average Bonchev–Trinajstić information content (AvgIpc) is 2.82. The van der Waals surface area contributed by atoms with E-state index in [1.165, 1.54) is 12.1 Å². The average molecular weight is 282 g/mol. The zero-order valence-corrected chi connectivity index (χ0v) is 10.6. The van der Waals surface area contributed by atoms with Gasteiger partial charge >= 0.3 is 0 Å². The Morgan fingerprint density at radius 1 is 1.40 bits per heavy atom. The third kappa shape index (κ3) is 2.64. The number of benzene rings is 1. The fourth-order valence-corrected chi connectivity index (χ4v) is 2.24. The van der Waals surface area contributed by atoms with Gasteiger partial charge in [0.05, 0.1) is 6.54 Å². The molecule has 2 N–H and O–H groups in total. The Kier molecular flexibility index (Phi) is 2.96. The number of alkyl halides is 2. The van der Waals surface area contributed by atoms with Crippen molar-refractivity contribution in [3.05, 3.63) is 35.8 Å². The summed E-state index contributed by atoms with van der Waals surface area (Å²) in [5.41, 5.74) is 1.48. The predicted molar refractivity (Wildman–Crippen MR) is 67.8 cm³/mol. The van der Waals surface area contributed by atoms with Gasteiger partial charge in [-0.3, -0.25) is 4.79 Å². The molecule has 1 aliphatic carbocycles. The van der Waals surface area contributed by atoms with E-state index in [0.717, 1.165) is 5.52 Å². The van der Waals surface area contributed by atoms with Crippen molar-refractivity contribution in [2.24, 2.45) is 5.92 Å². The summed E-state index contributed by atoms with van der Waals surface area (Å²) in [5.74, 6) is -4.21. The molecule has 20 heavy (non-hydrogen) atoms. The van der Waals surface area contributed by atoms with Gasteiger partial charge in [0, 0.05) is 35.4 Å². The molecule has 1 unspecified atom stereocenters. The monoisotopic (exact) mass is 282 g/mol. The van der Waals surface area contributed by atoms with Gasteiger partial charge < -0.3 is 10.3 Å². The molecule has 1 fully saturated rings. The number of aromatic amines is 1. The zero-order chi connectivity index (χ0) is 14.3. The Bertz CT molecular complexity index is 665. The number of aromatic nitrogens is 1. The van der Waals surface area contributed by atoms with Gasteiger partial charge in [-0.25, -0.2) is 13.2 Å². The highest BCUT2D eigenvalue weighted by Crippen LogP contribution is 2.50. The third-order valence-electron chi connectivity index (χ3n) is 3.50. The first-order valence-corrected chi connectivity index (χ1v) is 6.36. The Balaban J connectivity index is 1.58. The SMILES string of the molecule is O=C(CC1CC1(F)F)NCc1cc2cc(F)ccc2[nH]1. The molecule has 0 aliphatic heterocycles. The molecular weight excluding hydrogens is 269 g/mol. The lowest BCUT2D eigenvalue weighted by molar-refractivity contribution is -0.122. The van der Waals surface area contributed by atoms with Crippen LogP contribution in [0.4, 0.5) is 13.2 Å². The van der Waals surface area contributed by atoms with E-state index < -0.39 is 17.7 Å². The van der Waals surface area contributed by atoms with Crippen molar-refractivity contribution in [3.63, 3.8) is 0 Å². The molecule has 0 radical (unpaired) electrons. The van der Waals surface area contributed by atoms with E-state index in [4.69, 9.17) is 0 Å². The lowest BCUT2D eigenvalue weighted by Gasteiger charge is -2.03. The van der Waals surface area contributed by atoms with E-state index in [0.29, 0.717) is 11.1 Å². The van der Waals surface area contributed by atoms with Crippen molar-refractivity contribution < 1.29 is 18.0 Å². The van der Waals surface area contributed by atoms with E-state index in [1.54, 1.807) is 12.1 Å². The number of H-pyrrole nitrogens is 1. The molecule has 1 saturated carbocycles. The summed E-state index contributed by atoms with van der Waals surface area (Å²) in [6, 6.07) is 6.07. The smallest absolute Gasteiger partial charge is 0.252 e. The van der Waals surface area contributed by atoms with Gasteiger partial charge in [-0.05, 0) is 24.3 Å². The van der Waals surface area contributed by atoms with Gasteiger partial charge in [-0.1, -0.05) is 0 Å². The van der Waals surface area contributed by atoms with Crippen LogP contribution in [0.5, 0.6) is 0 Å². The molecule has 1 aliphatic rings. The van der Waals surface area contributed by atoms with E-state index in [1.807, 2.05) is 0 Å². The maximum Gasteiger partial charge on any atom is 0.252 e. The molecule has 3 nitrogen and oxygen atoms in total. The van der Waals surface area contributed by atoms with E-state index in [-0.39, 0.29) is 25.2 Å². The maximum atomic E-state index is 13.0. The van der Waals surface area contributed by atoms with Gasteiger partial charge in [-0.2, -0.15) is 0 Å². The Morgan fingerprint density at radius 3 is 2.85 bits per heavy atom. The van der Waals surface area contributed by atoms with Crippen LogP contribution >= 0.6 is 0 Å². The highest BCUT2D eigenvalue weighted by atomic mass is 19.3. The Labute approximate surface area is 113 Å². The first kappa shape index (κ1) is 13.0. The Morgan fingerprint density at radius 2 is 2.15 bits per heavy atom. The number of hydrogen-bond donors (Lipinski definition) is 2. The maximum absolute atomic E-state index is 13.0. The molecule has 2 aromatic rings. The lowest BCUT2D eigenvalue weighted by atomic mass is 10.2. The molecule has 1 amide bonds. The second-order valence-electron chi connectivity index (χ2n) is 5.17. The predicted octanol–water partition coefficient (Wildman–Crippen LogP) is 2.97. The summed E-state index contributed by atoms with van der Waals surface area (Å²) in [5, 5.41) is 3.30. The van der Waals surface area contributed by atoms with Crippen molar-refractivity contribution in [1.82, 2.24) is 10.3 Å². The van der Waals surface area contributed by atoms with Crippen LogP contribution in [0, 0.1) is 11.7 Å². The van der Waals surface area contributed by atoms with E-state index in [9.17, 15) is 18.0 Å². The summed E-state index contributed by atoms with van der Waals surface area (Å²) < 4.78 is 38.4. The molecule has 1 aromatic heterocycles. The fourth-order valence-electron chi connectivity index (χ4n) is 2.24. The number of nitrogens with one attached hydrogen (secondary N) is 2. The second-order valence-corrected chi connectivity index (χ2v) is 5.17. The molecule has 1 heterocycles. The number of carbonyl (C=O) groups excluding carboxylic acids is 1. The quantitative estimate of drug-likeness (QED) is 0.889. The minimum atomic E-state index is -2.67. The largest absolute Gasteiger partial charge is 0.357 e. The summed E-state index contributed by atoms with van der Waals surface area (Å²) in [6.45, 7) is 0.216. The van der Waals surface area contributed by atoms with Gasteiger partial charge in [0.15, 0.2) is 0 Å². The third-order valence-corrected chi connectivity index (χ3v) is 3.50. The number of fused-ring (bicyclic) bond motifs is 1. The Hall–Kier alpha value is -1.98. The second kappa shape index (κ2) is 4.54. The molecule has 106 valence electrons. The molecule has 0 spiro atoms. The summed E-state index contributed by atoms with van der Waals surface area (Å²) >= 11 is 0. The number of amides is 1. The lowest BCUT2D eigenvalue weighted by Crippen LogP contribution is -2.23. The molecule has 6 heteroatoms. The van der Waals surface area contributed by atoms with Crippen LogP contribution in [0.15, 0.2) is 24.3 Å². The van der Waals surface area contributed by atoms with Gasteiger partial charge in [-0.15, -0.1) is 0 Å². The first-order valence-electron chi connectivity index (χ1n) is 6.36. The van der Waals surface area contributed by atoms with E-state index >= 15 is 0 Å². The number of carbonyl (C=O) groups is 1. The molecular formula is C14H13F3N2O. The standard InChI is InChI=1S/C14H13F3N2O/c15-10-1-2-12-8(3-10)4-11(19-12)7-18-13(20)5-9-6-14(9,16)17/h1-4,9,19H,5-7H2,(H,18,20). The van der Waals surface area contributed by atoms with Gasteiger partial charge in [0.1, 0.15) is 5.82 Å². The van der Waals surface area contributed by atoms with Crippen LogP contribution < -0.4 is 5.32 Å². The van der Waals surface area contributed by atoms with Crippen molar-refractivity contribution in [2.45, 2.75) is 25.3 Å². The van der Waals surface area contributed by atoms with Crippen LogP contribution in [0.25, 0.3) is 10.9 Å². The molecule has 1 atom stereocenters. The summed E-state index contributed by atoms with van der Waals surface area (Å²) in [6.07, 6.45) is -0.353. The van der Waals surface area contributed by atoms with Crippen molar-refractivity contribution in [1.29, 1.82) is 0 Å². The number of halogens is 3. The van der Waals surface area contributed by atoms with Crippen LogP contribution in [0.1, 0.15) is 18.5 Å². The molecule has 3 rings (SSSR count). The van der Waals surface area contributed by atoms with Crippen molar-refractivity contribution >= 4 is 16.8 Å². The van der Waals surface area contributed by atoms with Gasteiger partial charge in [0.25, 0.3) is 5.92 Å². The normalized spacial score (nSPS) is 20.1. The zero-order valence-electron chi connectivity index (χ0n) is 10.6.